The molecule has 1 nitrogen and oxygen atoms in total. The third-order valence-corrected chi connectivity index (χ3v) is 2.95. The summed E-state index contributed by atoms with van der Waals surface area (Å²) in [7, 11) is 0. The van der Waals surface area contributed by atoms with E-state index in [4.69, 9.17) is 4.42 Å². The van der Waals surface area contributed by atoms with Crippen molar-refractivity contribution in [2.24, 2.45) is 5.92 Å². The van der Waals surface area contributed by atoms with E-state index in [1.54, 1.807) is 0 Å². The largest absolute Gasteiger partial charge is 0.469 e. The van der Waals surface area contributed by atoms with Crippen LogP contribution in [0.2, 0.25) is 0 Å². The monoisotopic (exact) mass is 180 g/mol. The zero-order chi connectivity index (χ0) is 9.84. The van der Waals surface area contributed by atoms with Crippen molar-refractivity contribution < 1.29 is 4.42 Å². The van der Waals surface area contributed by atoms with E-state index in [1.165, 1.54) is 29.7 Å². The topological polar surface area (TPSA) is 13.1 Å². The second kappa shape index (κ2) is 4.50. The van der Waals surface area contributed by atoms with Crippen LogP contribution >= 0.6 is 0 Å². The number of hydrogen-bond acceptors (Lipinski definition) is 1. The van der Waals surface area contributed by atoms with E-state index in [0.29, 0.717) is 0 Å². The molecule has 0 N–H and O–H groups in total. The molecule has 1 unspecified atom stereocenters. The molecular weight excluding hydrogens is 160 g/mol. The van der Waals surface area contributed by atoms with Gasteiger partial charge in [-0.05, 0) is 37.3 Å². The molecule has 0 amide bonds. The van der Waals surface area contributed by atoms with Crippen LogP contribution in [-0.2, 0) is 6.42 Å². The maximum absolute atomic E-state index is 5.49. The van der Waals surface area contributed by atoms with Gasteiger partial charge >= 0.3 is 0 Å². The summed E-state index contributed by atoms with van der Waals surface area (Å²) in [4.78, 5) is 0. The third kappa shape index (κ3) is 2.61. The van der Waals surface area contributed by atoms with E-state index in [9.17, 15) is 0 Å². The maximum Gasteiger partial charge on any atom is 0.106 e. The highest BCUT2D eigenvalue weighted by Gasteiger charge is 2.07. The van der Waals surface area contributed by atoms with Gasteiger partial charge in [0, 0.05) is 6.42 Å². The van der Waals surface area contributed by atoms with Gasteiger partial charge in [-0.25, -0.2) is 0 Å². The molecule has 13 heavy (non-hydrogen) atoms. The molecule has 1 aromatic rings. The standard InChI is InChI=1S/C12H20O/c1-5-9(2)6-7-12-11(4)10(3)8-13-12/h8-9H,5-7H2,1-4H3. The lowest BCUT2D eigenvalue weighted by Crippen LogP contribution is -1.95. The normalized spacial score (nSPS) is 13.2. The van der Waals surface area contributed by atoms with Gasteiger partial charge in [0.2, 0.25) is 0 Å². The van der Waals surface area contributed by atoms with Gasteiger partial charge in [-0.2, -0.15) is 0 Å². The summed E-state index contributed by atoms with van der Waals surface area (Å²) in [5.41, 5.74) is 2.61. The van der Waals surface area contributed by atoms with Gasteiger partial charge in [0.05, 0.1) is 6.26 Å². The maximum atomic E-state index is 5.49. The Kier molecular flexibility index (Phi) is 3.58. The summed E-state index contributed by atoms with van der Waals surface area (Å²) in [6.45, 7) is 8.78. The van der Waals surface area contributed by atoms with Crippen molar-refractivity contribution in [1.29, 1.82) is 0 Å². The molecule has 1 heterocycles. The first-order valence-electron chi connectivity index (χ1n) is 5.18. The van der Waals surface area contributed by atoms with Crippen molar-refractivity contribution in [1.82, 2.24) is 0 Å². The Morgan fingerprint density at radius 2 is 2.08 bits per heavy atom. The van der Waals surface area contributed by atoms with Crippen molar-refractivity contribution in [3.05, 3.63) is 23.2 Å². The fourth-order valence-corrected chi connectivity index (χ4v) is 1.38. The first-order chi connectivity index (χ1) is 6.15. The summed E-state index contributed by atoms with van der Waals surface area (Å²) < 4.78 is 5.49. The zero-order valence-electron chi connectivity index (χ0n) is 9.18. The highest BCUT2D eigenvalue weighted by molar-refractivity contribution is 5.24. The summed E-state index contributed by atoms with van der Waals surface area (Å²) in [6, 6.07) is 0. The molecule has 0 bridgehead atoms. The smallest absolute Gasteiger partial charge is 0.106 e. The molecule has 0 saturated heterocycles. The Labute approximate surface area is 81.1 Å². The van der Waals surface area contributed by atoms with Crippen molar-refractivity contribution in [3.8, 4) is 0 Å². The summed E-state index contributed by atoms with van der Waals surface area (Å²) in [5, 5.41) is 0. The van der Waals surface area contributed by atoms with Crippen LogP contribution in [-0.4, -0.2) is 0 Å². The molecule has 1 heteroatoms. The highest BCUT2D eigenvalue weighted by Crippen LogP contribution is 2.19. The lowest BCUT2D eigenvalue weighted by Gasteiger charge is -2.06. The molecule has 1 aromatic heterocycles. The average molecular weight is 180 g/mol. The van der Waals surface area contributed by atoms with Crippen LogP contribution in [0, 0.1) is 19.8 Å². The van der Waals surface area contributed by atoms with Gasteiger partial charge in [0.15, 0.2) is 0 Å². The fraction of sp³-hybridized carbons (Fsp3) is 0.667. The van der Waals surface area contributed by atoms with E-state index in [2.05, 4.69) is 27.7 Å². The van der Waals surface area contributed by atoms with Crippen LogP contribution < -0.4 is 0 Å². The summed E-state index contributed by atoms with van der Waals surface area (Å²) in [5.74, 6) is 1.99. The lowest BCUT2D eigenvalue weighted by atomic mass is 10.0. The average Bonchev–Trinajstić information content (AvgIpc) is 2.44. The van der Waals surface area contributed by atoms with E-state index in [0.717, 1.165) is 12.3 Å². The Hall–Kier alpha value is -0.720. The molecule has 1 rings (SSSR count). The fourth-order valence-electron chi connectivity index (χ4n) is 1.38. The molecule has 0 aliphatic heterocycles. The molecule has 0 aliphatic rings. The van der Waals surface area contributed by atoms with Crippen LogP contribution in [0.3, 0.4) is 0 Å². The summed E-state index contributed by atoms with van der Waals surface area (Å²) >= 11 is 0. The Balaban J connectivity index is 2.50. The SMILES string of the molecule is CCC(C)CCc1occ(C)c1C. The minimum Gasteiger partial charge on any atom is -0.469 e. The van der Waals surface area contributed by atoms with Crippen molar-refractivity contribution >= 4 is 0 Å². The van der Waals surface area contributed by atoms with Gasteiger partial charge in [0.1, 0.15) is 5.76 Å². The second-order valence-corrected chi connectivity index (χ2v) is 4.02. The molecule has 0 radical (unpaired) electrons. The quantitative estimate of drug-likeness (QED) is 0.685. The van der Waals surface area contributed by atoms with Gasteiger partial charge in [-0.1, -0.05) is 20.3 Å². The van der Waals surface area contributed by atoms with Crippen LogP contribution in [0.25, 0.3) is 0 Å². The first kappa shape index (κ1) is 10.4. The molecule has 1 atom stereocenters. The minimum atomic E-state index is 0.810. The molecule has 0 aromatic carbocycles. The van der Waals surface area contributed by atoms with E-state index < -0.39 is 0 Å². The minimum absolute atomic E-state index is 0.810. The molecule has 0 saturated carbocycles. The van der Waals surface area contributed by atoms with E-state index >= 15 is 0 Å². The third-order valence-electron chi connectivity index (χ3n) is 2.95. The summed E-state index contributed by atoms with van der Waals surface area (Å²) in [6.07, 6.45) is 5.46. The predicted octanol–water partition coefficient (Wildman–Crippen LogP) is 3.88. The van der Waals surface area contributed by atoms with Crippen molar-refractivity contribution in [3.63, 3.8) is 0 Å². The highest BCUT2D eigenvalue weighted by atomic mass is 16.3. The van der Waals surface area contributed by atoms with E-state index in [1.807, 2.05) is 6.26 Å². The molecule has 0 fully saturated rings. The predicted molar refractivity (Wildman–Crippen MR) is 56.0 cm³/mol. The lowest BCUT2D eigenvalue weighted by molar-refractivity contribution is 0.452. The van der Waals surface area contributed by atoms with Crippen LogP contribution in [0.4, 0.5) is 0 Å². The Morgan fingerprint density at radius 1 is 1.38 bits per heavy atom. The first-order valence-corrected chi connectivity index (χ1v) is 5.18. The Bertz CT molecular complexity index is 260. The molecule has 0 aliphatic carbocycles. The zero-order valence-corrected chi connectivity index (χ0v) is 9.18. The number of rotatable bonds is 4. The second-order valence-electron chi connectivity index (χ2n) is 4.02. The molecular formula is C12H20O. The van der Waals surface area contributed by atoms with E-state index in [-0.39, 0.29) is 0 Å². The van der Waals surface area contributed by atoms with Crippen molar-refractivity contribution in [2.75, 3.05) is 0 Å². The van der Waals surface area contributed by atoms with Crippen molar-refractivity contribution in [2.45, 2.75) is 47.0 Å². The van der Waals surface area contributed by atoms with Gasteiger partial charge in [-0.3, -0.25) is 0 Å². The number of aryl methyl sites for hydroxylation is 2. The van der Waals surface area contributed by atoms with Gasteiger partial charge < -0.3 is 4.42 Å². The number of hydrogen-bond donors (Lipinski definition) is 0. The van der Waals surface area contributed by atoms with Gasteiger partial charge in [-0.15, -0.1) is 0 Å². The van der Waals surface area contributed by atoms with Crippen LogP contribution in [0.1, 0.15) is 43.6 Å². The number of furan rings is 1. The molecule has 0 spiro atoms. The van der Waals surface area contributed by atoms with Gasteiger partial charge in [0.25, 0.3) is 0 Å². The van der Waals surface area contributed by atoms with Crippen LogP contribution in [0.5, 0.6) is 0 Å². The Morgan fingerprint density at radius 3 is 2.54 bits per heavy atom. The van der Waals surface area contributed by atoms with Crippen LogP contribution in [0.15, 0.2) is 10.7 Å². The molecule has 74 valence electrons.